The first-order chi connectivity index (χ1) is 9.69. The second kappa shape index (κ2) is 5.82. The van der Waals surface area contributed by atoms with E-state index < -0.39 is 0 Å². The van der Waals surface area contributed by atoms with Gasteiger partial charge in [-0.1, -0.05) is 0 Å². The van der Waals surface area contributed by atoms with Crippen LogP contribution in [0.4, 0.5) is 0 Å². The summed E-state index contributed by atoms with van der Waals surface area (Å²) in [7, 11) is 1.63. The Labute approximate surface area is 127 Å². The SMILES string of the molecule is COc1ccc2nc(C(C)Cl)n(CC3CCSC3)c2n1. The summed E-state index contributed by atoms with van der Waals surface area (Å²) < 4.78 is 7.40. The molecule has 2 aromatic rings. The number of ether oxygens (including phenoxy) is 1. The lowest BCUT2D eigenvalue weighted by Crippen LogP contribution is -2.13. The van der Waals surface area contributed by atoms with E-state index in [2.05, 4.69) is 14.5 Å². The zero-order valence-electron chi connectivity index (χ0n) is 11.7. The number of halogens is 1. The molecule has 1 saturated heterocycles. The highest BCUT2D eigenvalue weighted by Gasteiger charge is 2.22. The lowest BCUT2D eigenvalue weighted by Gasteiger charge is -2.14. The van der Waals surface area contributed by atoms with Crippen LogP contribution in [0, 0.1) is 5.92 Å². The number of methoxy groups -OCH3 is 1. The smallest absolute Gasteiger partial charge is 0.215 e. The van der Waals surface area contributed by atoms with Crippen LogP contribution in [-0.4, -0.2) is 33.2 Å². The quantitative estimate of drug-likeness (QED) is 0.810. The number of aromatic nitrogens is 3. The highest BCUT2D eigenvalue weighted by atomic mass is 35.5. The Hall–Kier alpha value is -0.940. The molecule has 1 fully saturated rings. The van der Waals surface area contributed by atoms with Crippen molar-refractivity contribution in [2.45, 2.75) is 25.3 Å². The Morgan fingerprint density at radius 3 is 3.00 bits per heavy atom. The van der Waals surface area contributed by atoms with Gasteiger partial charge in [0.25, 0.3) is 0 Å². The van der Waals surface area contributed by atoms with E-state index in [0.717, 1.165) is 23.5 Å². The Morgan fingerprint density at radius 2 is 2.35 bits per heavy atom. The maximum Gasteiger partial charge on any atom is 0.215 e. The first-order valence-corrected chi connectivity index (χ1v) is 8.41. The first kappa shape index (κ1) is 14.0. The van der Waals surface area contributed by atoms with Crippen LogP contribution >= 0.6 is 23.4 Å². The molecule has 6 heteroatoms. The standard InChI is InChI=1S/C14H18ClN3OS/c1-9(15)13-16-11-3-4-12(19-2)17-14(11)18(13)7-10-5-6-20-8-10/h3-4,9-10H,5-8H2,1-2H3. The molecule has 2 unspecified atom stereocenters. The summed E-state index contributed by atoms with van der Waals surface area (Å²) in [6.45, 7) is 2.90. The van der Waals surface area contributed by atoms with E-state index >= 15 is 0 Å². The average molecular weight is 312 g/mol. The number of fused-ring (bicyclic) bond motifs is 1. The van der Waals surface area contributed by atoms with Gasteiger partial charge < -0.3 is 9.30 Å². The van der Waals surface area contributed by atoms with Crippen LogP contribution in [0.25, 0.3) is 11.2 Å². The van der Waals surface area contributed by atoms with E-state index in [9.17, 15) is 0 Å². The maximum absolute atomic E-state index is 6.29. The topological polar surface area (TPSA) is 39.9 Å². The van der Waals surface area contributed by atoms with Gasteiger partial charge in [-0.05, 0) is 36.8 Å². The van der Waals surface area contributed by atoms with Gasteiger partial charge in [0.15, 0.2) is 5.65 Å². The summed E-state index contributed by atoms with van der Waals surface area (Å²) in [6.07, 6.45) is 1.25. The minimum absolute atomic E-state index is 0.121. The normalized spacial score (nSPS) is 20.4. The number of nitrogens with zero attached hydrogens (tertiary/aromatic N) is 3. The summed E-state index contributed by atoms with van der Waals surface area (Å²) in [4.78, 5) is 9.19. The number of hydrogen-bond acceptors (Lipinski definition) is 4. The maximum atomic E-state index is 6.29. The van der Waals surface area contributed by atoms with Crippen molar-refractivity contribution in [2.75, 3.05) is 18.6 Å². The molecule has 3 heterocycles. The van der Waals surface area contributed by atoms with E-state index in [4.69, 9.17) is 16.3 Å². The molecule has 0 aromatic carbocycles. The fourth-order valence-corrected chi connectivity index (χ4v) is 4.02. The van der Waals surface area contributed by atoms with E-state index in [1.54, 1.807) is 7.11 Å². The second-order valence-electron chi connectivity index (χ2n) is 5.12. The number of pyridine rings is 1. The molecule has 1 aliphatic rings. The van der Waals surface area contributed by atoms with Gasteiger partial charge in [0.05, 0.1) is 12.5 Å². The molecule has 2 aromatic heterocycles. The Balaban J connectivity index is 2.06. The molecule has 1 aliphatic heterocycles. The molecule has 0 N–H and O–H groups in total. The molecule has 0 radical (unpaired) electrons. The molecule has 0 spiro atoms. The number of imidazole rings is 1. The van der Waals surface area contributed by atoms with Crippen LogP contribution in [0.5, 0.6) is 5.88 Å². The van der Waals surface area contributed by atoms with Gasteiger partial charge in [0, 0.05) is 12.6 Å². The highest BCUT2D eigenvalue weighted by molar-refractivity contribution is 7.99. The average Bonchev–Trinajstić information content (AvgIpc) is 3.07. The van der Waals surface area contributed by atoms with Gasteiger partial charge in [-0.25, -0.2) is 4.98 Å². The molecular weight excluding hydrogens is 294 g/mol. The minimum atomic E-state index is -0.121. The molecule has 2 atom stereocenters. The summed E-state index contributed by atoms with van der Waals surface area (Å²) in [6, 6.07) is 3.79. The monoisotopic (exact) mass is 311 g/mol. The molecule has 0 bridgehead atoms. The predicted octanol–water partition coefficient (Wildman–Crippen LogP) is 3.49. The van der Waals surface area contributed by atoms with Gasteiger partial charge in [0.1, 0.15) is 11.3 Å². The van der Waals surface area contributed by atoms with Crippen molar-refractivity contribution in [2.24, 2.45) is 5.92 Å². The van der Waals surface area contributed by atoms with Crippen LogP contribution in [0.3, 0.4) is 0 Å². The Morgan fingerprint density at radius 1 is 1.50 bits per heavy atom. The van der Waals surface area contributed by atoms with Crippen LogP contribution in [0.1, 0.15) is 24.5 Å². The van der Waals surface area contributed by atoms with Crippen LogP contribution < -0.4 is 4.74 Å². The highest BCUT2D eigenvalue weighted by Crippen LogP contribution is 2.30. The predicted molar refractivity (Wildman–Crippen MR) is 83.8 cm³/mol. The third kappa shape index (κ3) is 2.61. The summed E-state index contributed by atoms with van der Waals surface area (Å²) >= 11 is 8.31. The van der Waals surface area contributed by atoms with Crippen molar-refractivity contribution in [1.82, 2.24) is 14.5 Å². The zero-order chi connectivity index (χ0) is 14.1. The van der Waals surface area contributed by atoms with Gasteiger partial charge in [-0.15, -0.1) is 11.6 Å². The number of alkyl halides is 1. The molecular formula is C14H18ClN3OS. The van der Waals surface area contributed by atoms with Crippen LogP contribution in [0.15, 0.2) is 12.1 Å². The van der Waals surface area contributed by atoms with E-state index in [-0.39, 0.29) is 5.38 Å². The molecule has 108 valence electrons. The van der Waals surface area contributed by atoms with Crippen molar-refractivity contribution in [3.63, 3.8) is 0 Å². The molecule has 0 saturated carbocycles. The van der Waals surface area contributed by atoms with Gasteiger partial charge in [0.2, 0.25) is 5.88 Å². The van der Waals surface area contributed by atoms with Gasteiger partial charge in [-0.2, -0.15) is 16.7 Å². The van der Waals surface area contributed by atoms with Gasteiger partial charge in [-0.3, -0.25) is 0 Å². The zero-order valence-corrected chi connectivity index (χ0v) is 13.2. The molecule has 20 heavy (non-hydrogen) atoms. The number of rotatable bonds is 4. The first-order valence-electron chi connectivity index (χ1n) is 6.82. The largest absolute Gasteiger partial charge is 0.481 e. The molecule has 3 rings (SSSR count). The van der Waals surface area contributed by atoms with Crippen molar-refractivity contribution < 1.29 is 4.74 Å². The van der Waals surface area contributed by atoms with Gasteiger partial charge >= 0.3 is 0 Å². The van der Waals surface area contributed by atoms with E-state index in [1.807, 2.05) is 30.8 Å². The lowest BCUT2D eigenvalue weighted by molar-refractivity contribution is 0.398. The Kier molecular flexibility index (Phi) is 4.08. The minimum Gasteiger partial charge on any atom is -0.481 e. The molecule has 4 nitrogen and oxygen atoms in total. The van der Waals surface area contributed by atoms with E-state index in [0.29, 0.717) is 11.8 Å². The van der Waals surface area contributed by atoms with E-state index in [1.165, 1.54) is 17.9 Å². The van der Waals surface area contributed by atoms with Crippen LogP contribution in [-0.2, 0) is 6.54 Å². The number of hydrogen-bond donors (Lipinski definition) is 0. The van der Waals surface area contributed by atoms with Crippen molar-refractivity contribution in [1.29, 1.82) is 0 Å². The summed E-state index contributed by atoms with van der Waals surface area (Å²) in [5, 5.41) is -0.121. The molecule has 0 aliphatic carbocycles. The second-order valence-corrected chi connectivity index (χ2v) is 6.93. The molecule has 0 amide bonds. The lowest BCUT2D eigenvalue weighted by atomic mass is 10.1. The van der Waals surface area contributed by atoms with Crippen molar-refractivity contribution in [3.8, 4) is 5.88 Å². The summed E-state index contributed by atoms with van der Waals surface area (Å²) in [5.74, 6) is 4.66. The third-order valence-corrected chi connectivity index (χ3v) is 5.05. The fourth-order valence-electron chi connectivity index (χ4n) is 2.58. The number of thioether (sulfide) groups is 1. The van der Waals surface area contributed by atoms with Crippen molar-refractivity contribution in [3.05, 3.63) is 18.0 Å². The third-order valence-electron chi connectivity index (χ3n) is 3.63. The Bertz CT molecular complexity index is 608. The van der Waals surface area contributed by atoms with Crippen LogP contribution in [0.2, 0.25) is 0 Å². The fraction of sp³-hybridized carbons (Fsp3) is 0.571. The van der Waals surface area contributed by atoms with Crippen molar-refractivity contribution >= 4 is 34.5 Å². The summed E-state index contributed by atoms with van der Waals surface area (Å²) in [5.41, 5.74) is 1.77.